The van der Waals surface area contributed by atoms with E-state index in [4.69, 9.17) is 14.5 Å². The van der Waals surface area contributed by atoms with Crippen LogP contribution in [0.3, 0.4) is 0 Å². The van der Waals surface area contributed by atoms with Crippen molar-refractivity contribution < 1.29 is 9.47 Å². The van der Waals surface area contributed by atoms with E-state index in [2.05, 4.69) is 196 Å². The maximum absolute atomic E-state index is 6.89. The van der Waals surface area contributed by atoms with Crippen LogP contribution in [0, 0.1) is 0 Å². The summed E-state index contributed by atoms with van der Waals surface area (Å²) in [6.45, 7) is 4.66. The molecule has 294 valence electrons. The van der Waals surface area contributed by atoms with Gasteiger partial charge in [-0.3, -0.25) is 0 Å². The van der Waals surface area contributed by atoms with Crippen LogP contribution in [0.4, 0.5) is 0 Å². The summed E-state index contributed by atoms with van der Waals surface area (Å²) in [5.41, 5.74) is 15.4. The summed E-state index contributed by atoms with van der Waals surface area (Å²) in [5, 5.41) is 0. The van der Waals surface area contributed by atoms with Crippen molar-refractivity contribution in [2.75, 3.05) is 0 Å². The molecule has 0 bridgehead atoms. The van der Waals surface area contributed by atoms with Crippen LogP contribution < -0.4 is 9.47 Å². The maximum atomic E-state index is 6.89. The third-order valence-corrected chi connectivity index (χ3v) is 15.5. The molecule has 0 fully saturated rings. The van der Waals surface area contributed by atoms with E-state index in [1.54, 1.807) is 23.5 Å². The van der Waals surface area contributed by atoms with Crippen LogP contribution in [0.1, 0.15) is 47.2 Å². The third kappa shape index (κ3) is 5.07. The molecule has 0 amide bonds. The lowest BCUT2D eigenvalue weighted by molar-refractivity contribution is 0.455. The molecule has 0 spiro atoms. The van der Waals surface area contributed by atoms with Gasteiger partial charge in [-0.1, -0.05) is 165 Å². The molecule has 8 aromatic carbocycles. The minimum absolute atomic E-state index is 0.213. The molecule has 2 aliphatic heterocycles. The van der Waals surface area contributed by atoms with Gasteiger partial charge in [0.2, 0.25) is 0 Å². The van der Waals surface area contributed by atoms with Crippen molar-refractivity contribution in [1.29, 1.82) is 0 Å². The topological polar surface area (TPSA) is 31.4 Å². The molecule has 4 aliphatic rings. The average Bonchev–Trinajstić information content (AvgIpc) is 3.76. The van der Waals surface area contributed by atoms with Gasteiger partial charge in [-0.2, -0.15) is 0 Å². The Morgan fingerprint density at radius 2 is 0.887 bits per heavy atom. The van der Waals surface area contributed by atoms with Crippen LogP contribution >= 0.6 is 23.5 Å². The summed E-state index contributed by atoms with van der Waals surface area (Å²) in [6, 6.07) is 67.9. The number of benzene rings is 8. The Hall–Kier alpha value is -6.79. The van der Waals surface area contributed by atoms with Gasteiger partial charge >= 0.3 is 0 Å². The summed E-state index contributed by atoms with van der Waals surface area (Å²) < 4.78 is 13.6. The van der Waals surface area contributed by atoms with E-state index in [0.29, 0.717) is 0 Å². The van der Waals surface area contributed by atoms with Crippen LogP contribution in [-0.2, 0) is 10.8 Å². The molecule has 5 heteroatoms. The van der Waals surface area contributed by atoms with Crippen molar-refractivity contribution in [3.8, 4) is 67.8 Å². The normalized spacial score (nSPS) is 15.0. The minimum atomic E-state index is -0.592. The molecule has 0 unspecified atom stereocenters. The lowest BCUT2D eigenvalue weighted by Gasteiger charge is -2.34. The summed E-state index contributed by atoms with van der Waals surface area (Å²) in [5.74, 6) is 3.69. The van der Waals surface area contributed by atoms with Crippen molar-refractivity contribution in [1.82, 2.24) is 4.98 Å². The smallest absolute Gasteiger partial charge is 0.149 e. The standard InChI is InChI=1S/C57H37NO2S2/c1-56(2)40-28-30-50-54(59-46-20-9-11-22-48(46)61-50)52(40)38-26-24-34(32-42(38)56)44-18-13-19-45(58-44)35-25-27-39-43(33-35)57(36-14-5-3-6-15-36,37-16-7-4-8-17-37)41-29-31-51-55(53(39)41)60-47-21-10-12-23-49(47)62-51/h3-33H,1-2H3. The van der Waals surface area contributed by atoms with Gasteiger partial charge in [0.05, 0.1) is 36.4 Å². The van der Waals surface area contributed by atoms with Crippen LogP contribution in [0.25, 0.3) is 44.8 Å². The van der Waals surface area contributed by atoms with Gasteiger partial charge in [-0.25, -0.2) is 4.98 Å². The monoisotopic (exact) mass is 831 g/mol. The number of hydrogen-bond acceptors (Lipinski definition) is 5. The molecular formula is C57H37NO2S2. The number of aromatic nitrogens is 1. The third-order valence-electron chi connectivity index (χ3n) is 13.3. The highest BCUT2D eigenvalue weighted by atomic mass is 32.2. The molecule has 0 N–H and O–H groups in total. The summed E-state index contributed by atoms with van der Waals surface area (Å²) in [4.78, 5) is 10.00. The molecule has 3 nitrogen and oxygen atoms in total. The van der Waals surface area contributed by atoms with Crippen LogP contribution in [0.2, 0.25) is 0 Å². The Balaban J connectivity index is 0.950. The molecule has 0 radical (unpaired) electrons. The van der Waals surface area contributed by atoms with E-state index >= 15 is 0 Å². The Bertz CT molecular complexity index is 3300. The largest absolute Gasteiger partial charge is 0.454 e. The highest BCUT2D eigenvalue weighted by Crippen LogP contribution is 2.63. The van der Waals surface area contributed by atoms with E-state index in [0.717, 1.165) is 70.7 Å². The van der Waals surface area contributed by atoms with E-state index in [-0.39, 0.29) is 5.41 Å². The maximum Gasteiger partial charge on any atom is 0.149 e. The van der Waals surface area contributed by atoms with Crippen molar-refractivity contribution in [3.63, 3.8) is 0 Å². The van der Waals surface area contributed by atoms with E-state index < -0.39 is 5.41 Å². The highest BCUT2D eigenvalue weighted by Gasteiger charge is 2.48. The molecule has 62 heavy (non-hydrogen) atoms. The van der Waals surface area contributed by atoms with Gasteiger partial charge < -0.3 is 9.47 Å². The van der Waals surface area contributed by atoms with Crippen molar-refractivity contribution in [2.24, 2.45) is 0 Å². The second kappa shape index (κ2) is 13.4. The number of nitrogens with zero attached hydrogens (tertiary/aromatic N) is 1. The summed E-state index contributed by atoms with van der Waals surface area (Å²) in [6.07, 6.45) is 0. The second-order valence-corrected chi connectivity index (χ2v) is 19.1. The SMILES string of the molecule is CC1(C)c2cc(-c3cccc(-c4ccc5c(c4)C(c4ccccc4)(c4ccccc4)c4ccc6c(c4-5)Oc4ccccc4S6)n3)ccc2-c2c1ccc1c2Oc2ccccc2S1. The lowest BCUT2D eigenvalue weighted by Crippen LogP contribution is -2.28. The lowest BCUT2D eigenvalue weighted by atomic mass is 9.67. The fourth-order valence-corrected chi connectivity index (χ4v) is 12.4. The molecule has 9 aromatic rings. The number of hydrogen-bond donors (Lipinski definition) is 0. The van der Waals surface area contributed by atoms with Gasteiger partial charge in [-0.05, 0) is 105 Å². The van der Waals surface area contributed by atoms with E-state index in [1.165, 1.54) is 50.1 Å². The quantitative estimate of drug-likeness (QED) is 0.176. The summed E-state index contributed by atoms with van der Waals surface area (Å²) in [7, 11) is 0. The predicted molar refractivity (Wildman–Crippen MR) is 251 cm³/mol. The molecular weight excluding hydrogens is 795 g/mol. The first-order valence-electron chi connectivity index (χ1n) is 21.1. The fourth-order valence-electron chi connectivity index (χ4n) is 10.4. The predicted octanol–water partition coefficient (Wildman–Crippen LogP) is 15.6. The van der Waals surface area contributed by atoms with Crippen LogP contribution in [0.15, 0.2) is 208 Å². The first kappa shape index (κ1) is 35.9. The molecule has 1 aromatic heterocycles. The Morgan fingerprint density at radius 3 is 1.47 bits per heavy atom. The minimum Gasteiger partial charge on any atom is -0.454 e. The molecule has 13 rings (SSSR count). The van der Waals surface area contributed by atoms with E-state index in [9.17, 15) is 0 Å². The Morgan fingerprint density at radius 1 is 0.403 bits per heavy atom. The summed E-state index contributed by atoms with van der Waals surface area (Å²) >= 11 is 3.56. The van der Waals surface area contributed by atoms with Crippen molar-refractivity contribution in [3.05, 3.63) is 221 Å². The molecule has 0 atom stereocenters. The zero-order valence-electron chi connectivity index (χ0n) is 34.0. The van der Waals surface area contributed by atoms with Gasteiger partial charge in [0.1, 0.15) is 23.0 Å². The molecule has 3 heterocycles. The van der Waals surface area contributed by atoms with Gasteiger partial charge in [0.15, 0.2) is 0 Å². The molecule has 0 saturated carbocycles. The van der Waals surface area contributed by atoms with Crippen molar-refractivity contribution in [2.45, 2.75) is 44.3 Å². The van der Waals surface area contributed by atoms with Crippen LogP contribution in [0.5, 0.6) is 23.0 Å². The zero-order valence-corrected chi connectivity index (χ0v) is 35.6. The molecule has 0 saturated heterocycles. The van der Waals surface area contributed by atoms with Crippen molar-refractivity contribution >= 4 is 23.5 Å². The molecule has 2 aliphatic carbocycles. The van der Waals surface area contributed by atoms with Gasteiger partial charge in [-0.15, -0.1) is 0 Å². The fraction of sp³-hybridized carbons (Fsp3) is 0.0702. The zero-order chi connectivity index (χ0) is 41.2. The van der Waals surface area contributed by atoms with E-state index in [1.807, 2.05) is 6.07 Å². The van der Waals surface area contributed by atoms with Gasteiger partial charge in [0.25, 0.3) is 0 Å². The number of para-hydroxylation sites is 2. The second-order valence-electron chi connectivity index (χ2n) is 17.0. The van der Waals surface area contributed by atoms with Crippen LogP contribution in [-0.4, -0.2) is 4.98 Å². The number of rotatable bonds is 4. The Labute approximate surface area is 369 Å². The van der Waals surface area contributed by atoms with Gasteiger partial charge in [0, 0.05) is 27.7 Å². The number of fused-ring (bicyclic) bond motifs is 12. The highest BCUT2D eigenvalue weighted by molar-refractivity contribution is 8.00. The number of ether oxygens (including phenoxy) is 2. The average molecular weight is 832 g/mol. The first-order chi connectivity index (χ1) is 30.5. The number of pyridine rings is 1. The first-order valence-corrected chi connectivity index (χ1v) is 22.7. The Kier molecular flexibility index (Phi) is 7.74.